The average molecular weight is 263 g/mol. The molecule has 102 valence electrons. The number of furan rings is 1. The molecular weight excluding hydrogens is 246 g/mol. The third-order valence-electron chi connectivity index (χ3n) is 3.52. The van der Waals surface area contributed by atoms with E-state index in [1.165, 1.54) is 12.3 Å². The molecule has 1 aromatic heterocycles. The highest BCUT2D eigenvalue weighted by Gasteiger charge is 2.38. The SMILES string of the molecule is O=C(O)CC1(CNC(=O)/C=C/c2ccco2)CCC1. The summed E-state index contributed by atoms with van der Waals surface area (Å²) in [6.45, 7) is 0.417. The Morgan fingerprint density at radius 2 is 2.26 bits per heavy atom. The van der Waals surface area contributed by atoms with Crippen LogP contribution in [0.1, 0.15) is 31.4 Å². The number of hydrogen-bond donors (Lipinski definition) is 2. The van der Waals surface area contributed by atoms with Crippen LogP contribution in [0.25, 0.3) is 6.08 Å². The first kappa shape index (κ1) is 13.4. The van der Waals surface area contributed by atoms with Gasteiger partial charge in [0.05, 0.1) is 12.7 Å². The first-order valence-electron chi connectivity index (χ1n) is 6.31. The van der Waals surface area contributed by atoms with Crippen LogP contribution in [0.3, 0.4) is 0 Å². The van der Waals surface area contributed by atoms with Crippen LogP contribution in [0.2, 0.25) is 0 Å². The van der Waals surface area contributed by atoms with Gasteiger partial charge in [-0.1, -0.05) is 6.42 Å². The van der Waals surface area contributed by atoms with Gasteiger partial charge < -0.3 is 14.8 Å². The normalized spacial score (nSPS) is 17.1. The molecule has 2 N–H and O–H groups in total. The smallest absolute Gasteiger partial charge is 0.303 e. The fraction of sp³-hybridized carbons (Fsp3) is 0.429. The van der Waals surface area contributed by atoms with E-state index in [2.05, 4.69) is 5.32 Å². The molecule has 0 radical (unpaired) electrons. The summed E-state index contributed by atoms with van der Waals surface area (Å²) in [4.78, 5) is 22.4. The summed E-state index contributed by atoms with van der Waals surface area (Å²) >= 11 is 0. The van der Waals surface area contributed by atoms with Crippen LogP contribution in [-0.2, 0) is 9.59 Å². The van der Waals surface area contributed by atoms with Crippen LogP contribution in [-0.4, -0.2) is 23.5 Å². The minimum Gasteiger partial charge on any atom is -0.481 e. The van der Waals surface area contributed by atoms with Crippen molar-refractivity contribution in [2.45, 2.75) is 25.7 Å². The predicted molar refractivity (Wildman–Crippen MR) is 69.3 cm³/mol. The van der Waals surface area contributed by atoms with Crippen LogP contribution < -0.4 is 5.32 Å². The van der Waals surface area contributed by atoms with Crippen molar-refractivity contribution in [3.63, 3.8) is 0 Å². The number of rotatable bonds is 6. The summed E-state index contributed by atoms with van der Waals surface area (Å²) in [5.74, 6) is -0.424. The molecule has 1 saturated carbocycles. The Morgan fingerprint density at radius 1 is 1.47 bits per heavy atom. The van der Waals surface area contributed by atoms with Gasteiger partial charge in [-0.3, -0.25) is 9.59 Å². The molecule has 0 unspecified atom stereocenters. The van der Waals surface area contributed by atoms with E-state index >= 15 is 0 Å². The van der Waals surface area contributed by atoms with Crippen molar-refractivity contribution in [2.24, 2.45) is 5.41 Å². The van der Waals surface area contributed by atoms with E-state index in [0.717, 1.165) is 19.3 Å². The molecule has 0 atom stereocenters. The maximum atomic E-state index is 11.6. The second-order valence-corrected chi connectivity index (χ2v) is 4.99. The fourth-order valence-corrected chi connectivity index (χ4v) is 2.29. The van der Waals surface area contributed by atoms with Gasteiger partial charge in [-0.2, -0.15) is 0 Å². The van der Waals surface area contributed by atoms with Crippen molar-refractivity contribution in [1.82, 2.24) is 5.32 Å². The van der Waals surface area contributed by atoms with Gasteiger partial charge in [0.15, 0.2) is 0 Å². The Morgan fingerprint density at radius 3 is 2.79 bits per heavy atom. The highest BCUT2D eigenvalue weighted by atomic mass is 16.4. The molecule has 2 rings (SSSR count). The van der Waals surface area contributed by atoms with Crippen LogP contribution in [0, 0.1) is 5.41 Å². The highest BCUT2D eigenvalue weighted by molar-refractivity contribution is 5.91. The van der Waals surface area contributed by atoms with Crippen molar-refractivity contribution in [3.05, 3.63) is 30.2 Å². The Labute approximate surface area is 111 Å². The topological polar surface area (TPSA) is 79.5 Å². The zero-order valence-corrected chi connectivity index (χ0v) is 10.6. The second-order valence-electron chi connectivity index (χ2n) is 4.99. The molecule has 0 saturated heterocycles. The Bertz CT molecular complexity index is 472. The minimum atomic E-state index is -0.805. The number of hydrogen-bond acceptors (Lipinski definition) is 3. The monoisotopic (exact) mass is 263 g/mol. The van der Waals surface area contributed by atoms with E-state index < -0.39 is 5.97 Å². The standard InChI is InChI=1S/C14H17NO4/c16-12(5-4-11-3-1-8-19-11)15-10-14(6-2-7-14)9-13(17)18/h1,3-5,8H,2,6-7,9-10H2,(H,15,16)(H,17,18)/b5-4+. The Hall–Kier alpha value is -2.04. The first-order valence-corrected chi connectivity index (χ1v) is 6.31. The van der Waals surface area contributed by atoms with Crippen LogP contribution >= 0.6 is 0 Å². The van der Waals surface area contributed by atoms with Crippen LogP contribution in [0.5, 0.6) is 0 Å². The number of nitrogens with one attached hydrogen (secondary N) is 1. The number of carbonyl (C=O) groups is 2. The summed E-state index contributed by atoms with van der Waals surface area (Å²) in [5.41, 5.74) is -0.250. The summed E-state index contributed by atoms with van der Waals surface area (Å²) in [6.07, 6.45) is 7.39. The lowest BCUT2D eigenvalue weighted by Gasteiger charge is -2.40. The van der Waals surface area contributed by atoms with E-state index in [9.17, 15) is 9.59 Å². The van der Waals surface area contributed by atoms with Crippen molar-refractivity contribution in [2.75, 3.05) is 6.54 Å². The Balaban J connectivity index is 1.81. The van der Waals surface area contributed by atoms with Crippen LogP contribution in [0.15, 0.2) is 28.9 Å². The highest BCUT2D eigenvalue weighted by Crippen LogP contribution is 2.43. The quantitative estimate of drug-likeness (QED) is 0.770. The summed E-state index contributed by atoms with van der Waals surface area (Å²) in [7, 11) is 0. The van der Waals surface area contributed by atoms with Crippen molar-refractivity contribution < 1.29 is 19.1 Å². The van der Waals surface area contributed by atoms with Gasteiger partial charge in [-0.05, 0) is 36.5 Å². The first-order chi connectivity index (χ1) is 9.10. The van der Waals surface area contributed by atoms with Gasteiger partial charge in [0, 0.05) is 12.6 Å². The van der Waals surface area contributed by atoms with Crippen molar-refractivity contribution in [1.29, 1.82) is 0 Å². The lowest BCUT2D eigenvalue weighted by molar-refractivity contribution is -0.141. The lowest BCUT2D eigenvalue weighted by atomic mass is 9.66. The van der Waals surface area contributed by atoms with E-state index in [1.807, 2.05) is 0 Å². The predicted octanol–water partition coefficient (Wildman–Crippen LogP) is 2.05. The van der Waals surface area contributed by atoms with E-state index in [1.54, 1.807) is 18.2 Å². The molecule has 0 aliphatic heterocycles. The summed E-state index contributed by atoms with van der Waals surface area (Å²) < 4.78 is 5.07. The fourth-order valence-electron chi connectivity index (χ4n) is 2.29. The molecule has 0 aromatic carbocycles. The minimum absolute atomic E-state index is 0.120. The molecule has 0 bridgehead atoms. The number of carboxylic acid groups (broad SMARTS) is 1. The Kier molecular flexibility index (Phi) is 4.04. The molecule has 1 aliphatic rings. The number of carboxylic acids is 1. The van der Waals surface area contributed by atoms with E-state index in [4.69, 9.17) is 9.52 Å². The van der Waals surface area contributed by atoms with Gasteiger partial charge in [0.1, 0.15) is 5.76 Å². The molecule has 1 fully saturated rings. The second kappa shape index (κ2) is 5.73. The van der Waals surface area contributed by atoms with Gasteiger partial charge in [0.25, 0.3) is 0 Å². The third kappa shape index (κ3) is 3.71. The van der Waals surface area contributed by atoms with Gasteiger partial charge in [-0.25, -0.2) is 0 Å². The maximum Gasteiger partial charge on any atom is 0.303 e. The molecule has 1 amide bonds. The van der Waals surface area contributed by atoms with Crippen molar-refractivity contribution >= 4 is 18.0 Å². The average Bonchev–Trinajstić information content (AvgIpc) is 2.82. The molecular formula is C14H17NO4. The number of amides is 1. The van der Waals surface area contributed by atoms with Gasteiger partial charge >= 0.3 is 5.97 Å². The van der Waals surface area contributed by atoms with Gasteiger partial charge in [-0.15, -0.1) is 0 Å². The molecule has 1 aliphatic carbocycles. The van der Waals surface area contributed by atoms with Crippen molar-refractivity contribution in [3.8, 4) is 0 Å². The molecule has 5 heteroatoms. The zero-order valence-electron chi connectivity index (χ0n) is 10.6. The molecule has 1 aromatic rings. The van der Waals surface area contributed by atoms with Gasteiger partial charge in [0.2, 0.25) is 5.91 Å². The molecule has 19 heavy (non-hydrogen) atoms. The van der Waals surface area contributed by atoms with E-state index in [0.29, 0.717) is 12.3 Å². The third-order valence-corrected chi connectivity index (χ3v) is 3.52. The number of aliphatic carboxylic acids is 1. The molecule has 0 spiro atoms. The lowest BCUT2D eigenvalue weighted by Crippen LogP contribution is -2.43. The maximum absolute atomic E-state index is 11.6. The molecule has 5 nitrogen and oxygen atoms in total. The van der Waals surface area contributed by atoms with Crippen LogP contribution in [0.4, 0.5) is 0 Å². The van der Waals surface area contributed by atoms with E-state index in [-0.39, 0.29) is 17.7 Å². The largest absolute Gasteiger partial charge is 0.481 e. The summed E-state index contributed by atoms with van der Waals surface area (Å²) in [6, 6.07) is 3.50. The molecule has 1 heterocycles. The zero-order chi connectivity index (χ0) is 13.7. The summed E-state index contributed by atoms with van der Waals surface area (Å²) in [5, 5.41) is 11.6. The number of carbonyl (C=O) groups excluding carboxylic acids is 1.